The van der Waals surface area contributed by atoms with Crippen LogP contribution in [0.4, 0.5) is 0 Å². The summed E-state index contributed by atoms with van der Waals surface area (Å²) in [6.45, 7) is 5.67. The summed E-state index contributed by atoms with van der Waals surface area (Å²) in [5.41, 5.74) is 2.58. The van der Waals surface area contributed by atoms with Gasteiger partial charge in [0, 0.05) is 77.1 Å². The molecule has 7 nitrogen and oxygen atoms in total. The number of hydrogen-bond donors (Lipinski definition) is 0. The highest BCUT2D eigenvalue weighted by molar-refractivity contribution is 5.94. The van der Waals surface area contributed by atoms with Gasteiger partial charge in [0.1, 0.15) is 0 Å². The van der Waals surface area contributed by atoms with Crippen LogP contribution in [0.3, 0.4) is 0 Å². The molecule has 2 amide bonds. The molecule has 0 radical (unpaired) electrons. The first-order valence-corrected chi connectivity index (χ1v) is 11.1. The third kappa shape index (κ3) is 4.24. The lowest BCUT2D eigenvalue weighted by molar-refractivity contribution is -0.141. The van der Waals surface area contributed by atoms with E-state index in [9.17, 15) is 9.59 Å². The largest absolute Gasteiger partial charge is 0.348 e. The Bertz CT molecular complexity index is 951. The first-order chi connectivity index (χ1) is 14.8. The second-order valence-electron chi connectivity index (χ2n) is 9.47. The Kier molecular flexibility index (Phi) is 5.88. The number of carbonyl (C=O) groups is 2. The van der Waals surface area contributed by atoms with Crippen LogP contribution in [0.15, 0.2) is 36.7 Å². The van der Waals surface area contributed by atoms with Crippen molar-refractivity contribution >= 4 is 11.8 Å². The average Bonchev–Trinajstić information content (AvgIpc) is 3.25. The molecular weight excluding hydrogens is 390 g/mol. The van der Waals surface area contributed by atoms with E-state index >= 15 is 0 Å². The van der Waals surface area contributed by atoms with E-state index in [-0.39, 0.29) is 17.7 Å². The van der Waals surface area contributed by atoms with Crippen LogP contribution in [0.1, 0.15) is 34.3 Å². The molecule has 3 heterocycles. The first-order valence-electron chi connectivity index (χ1n) is 11.1. The van der Waals surface area contributed by atoms with Gasteiger partial charge in [-0.25, -0.2) is 0 Å². The third-order valence-corrected chi connectivity index (χ3v) is 6.84. The summed E-state index contributed by atoms with van der Waals surface area (Å²) >= 11 is 0. The maximum Gasteiger partial charge on any atom is 0.253 e. The lowest BCUT2D eigenvalue weighted by Crippen LogP contribution is -2.47. The SMILES string of the molecule is Cc1ccc(C(=O)N2CCC[C@]3(C(=O)N(C)C)CN(Cc4cnn(C)c4)C[C@@H]3C2)cc1. The van der Waals surface area contributed by atoms with Crippen LogP contribution in [0.2, 0.25) is 0 Å². The van der Waals surface area contributed by atoms with E-state index in [1.807, 2.05) is 74.3 Å². The average molecular weight is 424 g/mol. The minimum Gasteiger partial charge on any atom is -0.348 e. The van der Waals surface area contributed by atoms with Gasteiger partial charge >= 0.3 is 0 Å². The molecule has 2 fully saturated rings. The molecule has 0 saturated carbocycles. The summed E-state index contributed by atoms with van der Waals surface area (Å²) in [7, 11) is 5.61. The molecule has 7 heteroatoms. The maximum atomic E-state index is 13.4. The Morgan fingerprint density at radius 3 is 2.58 bits per heavy atom. The lowest BCUT2D eigenvalue weighted by atomic mass is 9.74. The quantitative estimate of drug-likeness (QED) is 0.756. The van der Waals surface area contributed by atoms with E-state index in [0.29, 0.717) is 13.1 Å². The van der Waals surface area contributed by atoms with Crippen molar-refractivity contribution in [2.75, 3.05) is 40.3 Å². The van der Waals surface area contributed by atoms with Crippen LogP contribution in [0.5, 0.6) is 0 Å². The number of amides is 2. The summed E-state index contributed by atoms with van der Waals surface area (Å²) in [4.78, 5) is 32.7. The van der Waals surface area contributed by atoms with E-state index in [2.05, 4.69) is 10.00 Å². The maximum absolute atomic E-state index is 13.4. The minimum atomic E-state index is -0.436. The highest BCUT2D eigenvalue weighted by Gasteiger charge is 2.53. The van der Waals surface area contributed by atoms with Gasteiger partial charge in [-0.3, -0.25) is 19.2 Å². The number of aromatic nitrogens is 2. The molecule has 2 atom stereocenters. The molecule has 2 aliphatic rings. The van der Waals surface area contributed by atoms with E-state index in [4.69, 9.17) is 0 Å². The minimum absolute atomic E-state index is 0.0683. The van der Waals surface area contributed by atoms with Crippen molar-refractivity contribution in [3.05, 3.63) is 53.3 Å². The summed E-state index contributed by atoms with van der Waals surface area (Å²) in [6, 6.07) is 7.78. The summed E-state index contributed by atoms with van der Waals surface area (Å²) in [5, 5.41) is 4.28. The zero-order valence-corrected chi connectivity index (χ0v) is 19.0. The Morgan fingerprint density at radius 2 is 1.94 bits per heavy atom. The van der Waals surface area contributed by atoms with Crippen molar-refractivity contribution in [3.63, 3.8) is 0 Å². The van der Waals surface area contributed by atoms with Crippen molar-refractivity contribution in [2.45, 2.75) is 26.3 Å². The van der Waals surface area contributed by atoms with Gasteiger partial charge in [0.05, 0.1) is 11.6 Å². The highest BCUT2D eigenvalue weighted by Crippen LogP contribution is 2.44. The topological polar surface area (TPSA) is 61.7 Å². The number of fused-ring (bicyclic) bond motifs is 1. The first kappa shape index (κ1) is 21.6. The van der Waals surface area contributed by atoms with Crippen LogP contribution >= 0.6 is 0 Å². The van der Waals surface area contributed by atoms with Gasteiger partial charge in [-0.2, -0.15) is 5.10 Å². The molecule has 31 heavy (non-hydrogen) atoms. The number of hydrogen-bond acceptors (Lipinski definition) is 4. The molecule has 0 bridgehead atoms. The molecule has 0 unspecified atom stereocenters. The van der Waals surface area contributed by atoms with Crippen molar-refractivity contribution in [3.8, 4) is 0 Å². The van der Waals surface area contributed by atoms with Crippen LogP contribution in [0.25, 0.3) is 0 Å². The van der Waals surface area contributed by atoms with E-state index in [1.54, 1.807) is 4.90 Å². The second kappa shape index (κ2) is 8.46. The highest BCUT2D eigenvalue weighted by atomic mass is 16.2. The number of rotatable bonds is 4. The lowest BCUT2D eigenvalue weighted by Gasteiger charge is -2.35. The molecular formula is C24H33N5O2. The van der Waals surface area contributed by atoms with Crippen LogP contribution in [0, 0.1) is 18.3 Å². The summed E-state index contributed by atoms with van der Waals surface area (Å²) in [5.74, 6) is 0.380. The molecule has 1 aromatic carbocycles. The Labute approximate surface area is 184 Å². The van der Waals surface area contributed by atoms with Crippen molar-refractivity contribution in [2.24, 2.45) is 18.4 Å². The van der Waals surface area contributed by atoms with Crippen molar-refractivity contribution in [1.29, 1.82) is 0 Å². The van der Waals surface area contributed by atoms with E-state index < -0.39 is 5.41 Å². The summed E-state index contributed by atoms with van der Waals surface area (Å²) < 4.78 is 1.81. The van der Waals surface area contributed by atoms with Crippen LogP contribution in [-0.2, 0) is 18.4 Å². The smallest absolute Gasteiger partial charge is 0.253 e. The zero-order chi connectivity index (χ0) is 22.2. The van der Waals surface area contributed by atoms with E-state index in [1.165, 1.54) is 0 Å². The van der Waals surface area contributed by atoms with Gasteiger partial charge in [0.2, 0.25) is 5.91 Å². The second-order valence-corrected chi connectivity index (χ2v) is 9.47. The molecule has 2 aromatic rings. The van der Waals surface area contributed by atoms with E-state index in [0.717, 1.165) is 49.2 Å². The van der Waals surface area contributed by atoms with Crippen LogP contribution in [-0.4, -0.2) is 76.6 Å². The fourth-order valence-electron chi connectivity index (χ4n) is 5.33. The number of benzene rings is 1. The van der Waals surface area contributed by atoms with Gasteiger partial charge in [-0.1, -0.05) is 17.7 Å². The molecule has 2 saturated heterocycles. The van der Waals surface area contributed by atoms with Crippen LogP contribution < -0.4 is 0 Å². The number of aryl methyl sites for hydroxylation is 2. The molecule has 1 aromatic heterocycles. The monoisotopic (exact) mass is 423 g/mol. The predicted molar refractivity (Wildman–Crippen MR) is 119 cm³/mol. The van der Waals surface area contributed by atoms with Gasteiger partial charge in [0.15, 0.2) is 0 Å². The number of likely N-dealkylation sites (tertiary alicyclic amines) is 2. The third-order valence-electron chi connectivity index (χ3n) is 6.84. The van der Waals surface area contributed by atoms with Gasteiger partial charge in [-0.15, -0.1) is 0 Å². The molecule has 0 N–H and O–H groups in total. The summed E-state index contributed by atoms with van der Waals surface area (Å²) in [6.07, 6.45) is 5.58. The fourth-order valence-corrected chi connectivity index (χ4v) is 5.33. The fraction of sp³-hybridized carbons (Fsp3) is 0.542. The molecule has 2 aliphatic heterocycles. The number of carbonyl (C=O) groups excluding carboxylic acids is 2. The Morgan fingerprint density at radius 1 is 1.19 bits per heavy atom. The number of nitrogens with zero attached hydrogens (tertiary/aromatic N) is 5. The Hall–Kier alpha value is -2.67. The van der Waals surface area contributed by atoms with Crippen molar-refractivity contribution in [1.82, 2.24) is 24.5 Å². The standard InChI is InChI=1S/C24H33N5O2/c1-18-6-8-20(9-7-18)22(30)29-11-5-10-24(23(31)26(2)3)17-28(15-21(24)16-29)14-19-12-25-27(4)13-19/h6-9,12-13,21H,5,10-11,14-17H2,1-4H3/t21-,24+/m1/s1. The zero-order valence-electron chi connectivity index (χ0n) is 19.0. The molecule has 166 valence electrons. The molecule has 0 aliphatic carbocycles. The van der Waals surface area contributed by atoms with Gasteiger partial charge < -0.3 is 9.80 Å². The van der Waals surface area contributed by atoms with Crippen molar-refractivity contribution < 1.29 is 9.59 Å². The predicted octanol–water partition coefficient (Wildman–Crippen LogP) is 2.17. The Balaban J connectivity index is 1.57. The van der Waals surface area contributed by atoms with Gasteiger partial charge in [0.25, 0.3) is 5.91 Å². The molecule has 4 rings (SSSR count). The van der Waals surface area contributed by atoms with Gasteiger partial charge in [-0.05, 0) is 31.9 Å². The normalized spacial score (nSPS) is 24.0. The molecule has 0 spiro atoms.